The number of ether oxygens (including phenoxy) is 1. The number of rotatable bonds is 4. The molecule has 0 saturated carbocycles. The van der Waals surface area contributed by atoms with Crippen LogP contribution in [-0.4, -0.2) is 47.0 Å². The molecule has 1 fully saturated rings. The van der Waals surface area contributed by atoms with Gasteiger partial charge < -0.3 is 14.7 Å². The molecule has 0 unspecified atom stereocenters. The first-order valence-electron chi connectivity index (χ1n) is 7.96. The summed E-state index contributed by atoms with van der Waals surface area (Å²) in [6, 6.07) is 12.1. The zero-order chi connectivity index (χ0) is 16.3. The number of aryl methyl sites for hydroxylation is 2. The van der Waals surface area contributed by atoms with Gasteiger partial charge in [0.1, 0.15) is 5.60 Å². The summed E-state index contributed by atoms with van der Waals surface area (Å²) in [7, 11) is 0. The molecular weight excluding hydrogens is 290 g/mol. The second-order valence-electron chi connectivity index (χ2n) is 6.22. The summed E-state index contributed by atoms with van der Waals surface area (Å²) in [5.74, 6) is 0.719. The molecule has 1 aromatic heterocycles. The number of benzene rings is 1. The van der Waals surface area contributed by atoms with Crippen LogP contribution < -0.4 is 4.90 Å². The molecule has 1 atom stereocenters. The second-order valence-corrected chi connectivity index (χ2v) is 6.22. The van der Waals surface area contributed by atoms with Crippen molar-refractivity contribution in [2.45, 2.75) is 25.9 Å². The SMILES string of the molecule is Cc1cc(C)nc(N2CCO[C@](CO)(Cc3ccccc3)C2)n1. The number of aromatic nitrogens is 2. The molecule has 122 valence electrons. The minimum atomic E-state index is -0.611. The molecule has 0 aliphatic carbocycles. The molecule has 1 aromatic carbocycles. The van der Waals surface area contributed by atoms with Gasteiger partial charge >= 0.3 is 0 Å². The van der Waals surface area contributed by atoms with E-state index in [0.717, 1.165) is 29.4 Å². The molecule has 1 N–H and O–H groups in total. The topological polar surface area (TPSA) is 58.5 Å². The highest BCUT2D eigenvalue weighted by Crippen LogP contribution is 2.25. The molecule has 0 spiro atoms. The molecule has 1 saturated heterocycles. The molecule has 5 heteroatoms. The van der Waals surface area contributed by atoms with Crippen molar-refractivity contribution in [1.29, 1.82) is 0 Å². The number of morpholine rings is 1. The van der Waals surface area contributed by atoms with Crippen molar-refractivity contribution in [3.8, 4) is 0 Å². The zero-order valence-electron chi connectivity index (χ0n) is 13.7. The van der Waals surface area contributed by atoms with Crippen LogP contribution in [0.1, 0.15) is 17.0 Å². The minimum Gasteiger partial charge on any atom is -0.393 e. The maximum absolute atomic E-state index is 9.98. The van der Waals surface area contributed by atoms with Gasteiger partial charge in [0.05, 0.1) is 19.8 Å². The number of aliphatic hydroxyl groups excluding tert-OH is 1. The van der Waals surface area contributed by atoms with E-state index in [1.54, 1.807) is 0 Å². The average molecular weight is 313 g/mol. The molecule has 23 heavy (non-hydrogen) atoms. The number of aliphatic hydroxyl groups is 1. The Hall–Kier alpha value is -1.98. The van der Waals surface area contributed by atoms with Crippen LogP contribution in [0.2, 0.25) is 0 Å². The Labute approximate surface area is 137 Å². The predicted octanol–water partition coefficient (Wildman–Crippen LogP) is 1.90. The molecule has 0 radical (unpaired) electrons. The van der Waals surface area contributed by atoms with Gasteiger partial charge in [-0.25, -0.2) is 9.97 Å². The molecular formula is C18H23N3O2. The molecule has 0 bridgehead atoms. The van der Waals surface area contributed by atoms with Crippen molar-refractivity contribution in [3.63, 3.8) is 0 Å². The summed E-state index contributed by atoms with van der Waals surface area (Å²) < 4.78 is 5.98. The Morgan fingerprint density at radius 2 is 1.87 bits per heavy atom. The monoisotopic (exact) mass is 313 g/mol. The maximum atomic E-state index is 9.98. The highest BCUT2D eigenvalue weighted by Gasteiger charge is 2.37. The Morgan fingerprint density at radius 3 is 2.52 bits per heavy atom. The second kappa shape index (κ2) is 6.64. The first kappa shape index (κ1) is 15.9. The number of hydrogen-bond donors (Lipinski definition) is 1. The molecule has 1 aliphatic rings. The summed E-state index contributed by atoms with van der Waals surface area (Å²) in [6.45, 7) is 5.80. The summed E-state index contributed by atoms with van der Waals surface area (Å²) in [4.78, 5) is 11.2. The first-order chi connectivity index (χ1) is 11.1. The van der Waals surface area contributed by atoms with Crippen LogP contribution >= 0.6 is 0 Å². The van der Waals surface area contributed by atoms with Crippen molar-refractivity contribution >= 4 is 5.95 Å². The van der Waals surface area contributed by atoms with Crippen molar-refractivity contribution < 1.29 is 9.84 Å². The predicted molar refractivity (Wildman–Crippen MR) is 89.6 cm³/mol. The third kappa shape index (κ3) is 3.68. The lowest BCUT2D eigenvalue weighted by Gasteiger charge is -2.42. The maximum Gasteiger partial charge on any atom is 0.225 e. The number of anilines is 1. The van der Waals surface area contributed by atoms with Crippen LogP contribution in [-0.2, 0) is 11.2 Å². The largest absolute Gasteiger partial charge is 0.393 e. The van der Waals surface area contributed by atoms with E-state index in [0.29, 0.717) is 19.6 Å². The number of hydrogen-bond acceptors (Lipinski definition) is 5. The van der Waals surface area contributed by atoms with E-state index in [1.165, 1.54) is 0 Å². The molecule has 2 aromatic rings. The molecule has 5 nitrogen and oxygen atoms in total. The average Bonchev–Trinajstić information content (AvgIpc) is 2.55. The third-order valence-electron chi connectivity index (χ3n) is 4.16. The van der Waals surface area contributed by atoms with Gasteiger partial charge in [-0.2, -0.15) is 0 Å². The minimum absolute atomic E-state index is 0.0246. The Kier molecular flexibility index (Phi) is 4.59. The van der Waals surface area contributed by atoms with E-state index in [2.05, 4.69) is 27.0 Å². The molecule has 3 rings (SSSR count). The summed E-state index contributed by atoms with van der Waals surface area (Å²) in [5, 5.41) is 9.98. The van der Waals surface area contributed by atoms with Crippen LogP contribution in [0.15, 0.2) is 36.4 Å². The van der Waals surface area contributed by atoms with Gasteiger partial charge in [-0.3, -0.25) is 0 Å². The van der Waals surface area contributed by atoms with Gasteiger partial charge in [0.15, 0.2) is 0 Å². The van der Waals surface area contributed by atoms with Crippen LogP contribution in [0.5, 0.6) is 0 Å². The van der Waals surface area contributed by atoms with Crippen LogP contribution in [0.3, 0.4) is 0 Å². The summed E-state index contributed by atoms with van der Waals surface area (Å²) in [6.07, 6.45) is 0.672. The quantitative estimate of drug-likeness (QED) is 0.934. The Morgan fingerprint density at radius 1 is 1.17 bits per heavy atom. The van der Waals surface area contributed by atoms with Crippen LogP contribution in [0.25, 0.3) is 0 Å². The van der Waals surface area contributed by atoms with Crippen LogP contribution in [0.4, 0.5) is 5.95 Å². The van der Waals surface area contributed by atoms with E-state index >= 15 is 0 Å². The van der Waals surface area contributed by atoms with Crippen molar-refractivity contribution in [3.05, 3.63) is 53.3 Å². The van der Waals surface area contributed by atoms with Crippen molar-refractivity contribution in [1.82, 2.24) is 9.97 Å². The lowest BCUT2D eigenvalue weighted by Crippen LogP contribution is -2.56. The summed E-state index contributed by atoms with van der Waals surface area (Å²) >= 11 is 0. The van der Waals surface area contributed by atoms with Gasteiger partial charge in [-0.05, 0) is 25.5 Å². The van der Waals surface area contributed by atoms with Gasteiger partial charge in [0.2, 0.25) is 5.95 Å². The van der Waals surface area contributed by atoms with E-state index in [4.69, 9.17) is 4.74 Å². The zero-order valence-corrected chi connectivity index (χ0v) is 13.7. The highest BCUT2D eigenvalue weighted by molar-refractivity contribution is 5.34. The first-order valence-corrected chi connectivity index (χ1v) is 7.96. The van der Waals surface area contributed by atoms with E-state index in [9.17, 15) is 5.11 Å². The van der Waals surface area contributed by atoms with E-state index in [-0.39, 0.29) is 6.61 Å². The van der Waals surface area contributed by atoms with Gasteiger partial charge in [0.25, 0.3) is 0 Å². The molecule has 0 amide bonds. The van der Waals surface area contributed by atoms with Gasteiger partial charge in [-0.1, -0.05) is 30.3 Å². The lowest BCUT2D eigenvalue weighted by atomic mass is 9.93. The highest BCUT2D eigenvalue weighted by atomic mass is 16.5. The third-order valence-corrected chi connectivity index (χ3v) is 4.16. The standard InChI is InChI=1S/C18H23N3O2/c1-14-10-15(2)20-17(19-14)21-8-9-23-18(12-21,13-22)11-16-6-4-3-5-7-16/h3-7,10,22H,8-9,11-13H2,1-2H3/t18-/m1/s1. The normalized spacial score (nSPS) is 21.4. The fourth-order valence-corrected chi connectivity index (χ4v) is 3.09. The smallest absolute Gasteiger partial charge is 0.225 e. The fraction of sp³-hybridized carbons (Fsp3) is 0.444. The van der Waals surface area contributed by atoms with Crippen molar-refractivity contribution in [2.24, 2.45) is 0 Å². The van der Waals surface area contributed by atoms with E-state index in [1.807, 2.05) is 38.1 Å². The summed E-state index contributed by atoms with van der Waals surface area (Å²) in [5.41, 5.74) is 2.46. The van der Waals surface area contributed by atoms with Gasteiger partial charge in [-0.15, -0.1) is 0 Å². The Bertz CT molecular complexity index is 642. The molecule has 1 aliphatic heterocycles. The molecule has 2 heterocycles. The number of nitrogens with zero attached hydrogens (tertiary/aromatic N) is 3. The van der Waals surface area contributed by atoms with Gasteiger partial charge in [0, 0.05) is 24.4 Å². The van der Waals surface area contributed by atoms with E-state index < -0.39 is 5.60 Å². The fourth-order valence-electron chi connectivity index (χ4n) is 3.09. The lowest BCUT2D eigenvalue weighted by molar-refractivity contribution is -0.0871. The van der Waals surface area contributed by atoms with Crippen molar-refractivity contribution in [2.75, 3.05) is 31.2 Å². The Balaban J connectivity index is 1.82. The van der Waals surface area contributed by atoms with Crippen LogP contribution in [0, 0.1) is 13.8 Å².